The Balaban J connectivity index is 1.81. The smallest absolute Gasteiger partial charge is 0.219 e. The molecule has 2 rings (SSSR count). The van der Waals surface area contributed by atoms with Crippen molar-refractivity contribution >= 4 is 0 Å². The second kappa shape index (κ2) is 6.88. The molecule has 1 aliphatic carbocycles. The zero-order valence-electron chi connectivity index (χ0n) is 11.6. The number of hydrogen-bond acceptors (Lipinski definition) is 4. The van der Waals surface area contributed by atoms with Crippen LogP contribution in [0.5, 0.6) is 0 Å². The summed E-state index contributed by atoms with van der Waals surface area (Å²) in [6.07, 6.45) is 8.14. The highest BCUT2D eigenvalue weighted by atomic mass is 16.4. The van der Waals surface area contributed by atoms with Gasteiger partial charge in [0.15, 0.2) is 0 Å². The molecule has 1 N–H and O–H groups in total. The first-order chi connectivity index (χ1) is 8.83. The zero-order valence-corrected chi connectivity index (χ0v) is 11.6. The molecule has 0 aromatic carbocycles. The normalized spacial score (nSPS) is 15.5. The Morgan fingerprint density at radius 1 is 1.22 bits per heavy atom. The van der Waals surface area contributed by atoms with E-state index in [9.17, 15) is 0 Å². The van der Waals surface area contributed by atoms with Crippen LogP contribution in [0, 0.1) is 0 Å². The minimum absolute atomic E-state index is 0.456. The Morgan fingerprint density at radius 3 is 2.56 bits per heavy atom. The Bertz CT molecular complexity index is 341. The van der Waals surface area contributed by atoms with E-state index in [2.05, 4.69) is 29.4 Å². The molecule has 0 bridgehead atoms. The topological polar surface area (TPSA) is 51.0 Å². The fourth-order valence-electron chi connectivity index (χ4n) is 2.29. The molecule has 1 heterocycles. The maximum atomic E-state index is 5.79. The summed E-state index contributed by atoms with van der Waals surface area (Å²) in [7, 11) is 0. The Hall–Kier alpha value is -0.900. The van der Waals surface area contributed by atoms with Crippen molar-refractivity contribution in [2.45, 2.75) is 70.8 Å². The first kappa shape index (κ1) is 13.5. The summed E-state index contributed by atoms with van der Waals surface area (Å²) < 4.78 is 5.79. The van der Waals surface area contributed by atoms with Gasteiger partial charge in [-0.05, 0) is 25.7 Å². The lowest BCUT2D eigenvalue weighted by Crippen LogP contribution is -2.19. The van der Waals surface area contributed by atoms with Gasteiger partial charge in [0.25, 0.3) is 0 Å². The molecule has 0 spiro atoms. The van der Waals surface area contributed by atoms with Crippen LogP contribution in [0.4, 0.5) is 0 Å². The fraction of sp³-hybridized carbons (Fsp3) is 0.857. The Morgan fingerprint density at radius 2 is 1.94 bits per heavy atom. The standard InChI is InChI=1S/C14H25N3O/c1-3-5-11(6-4-2)14-17-16-13(18-14)9-10-15-12-7-8-12/h11-12,15H,3-10H2,1-2H3. The van der Waals surface area contributed by atoms with Crippen molar-refractivity contribution in [2.24, 2.45) is 0 Å². The Kier molecular flexibility index (Phi) is 5.17. The summed E-state index contributed by atoms with van der Waals surface area (Å²) in [4.78, 5) is 0. The van der Waals surface area contributed by atoms with E-state index in [1.54, 1.807) is 0 Å². The number of hydrogen-bond donors (Lipinski definition) is 1. The molecule has 0 unspecified atom stereocenters. The van der Waals surface area contributed by atoms with Crippen LogP contribution in [0.1, 0.15) is 70.1 Å². The molecule has 18 heavy (non-hydrogen) atoms. The van der Waals surface area contributed by atoms with Gasteiger partial charge in [-0.1, -0.05) is 26.7 Å². The summed E-state index contributed by atoms with van der Waals surface area (Å²) in [6.45, 7) is 5.37. The highest BCUT2D eigenvalue weighted by molar-refractivity contribution is 4.92. The van der Waals surface area contributed by atoms with E-state index in [-0.39, 0.29) is 0 Å². The zero-order chi connectivity index (χ0) is 12.8. The number of nitrogens with zero attached hydrogens (tertiary/aromatic N) is 2. The third kappa shape index (κ3) is 4.09. The van der Waals surface area contributed by atoms with Gasteiger partial charge in [-0.2, -0.15) is 0 Å². The molecule has 1 aromatic rings. The van der Waals surface area contributed by atoms with Crippen molar-refractivity contribution in [2.75, 3.05) is 6.54 Å². The molecular weight excluding hydrogens is 226 g/mol. The summed E-state index contributed by atoms with van der Waals surface area (Å²) in [5, 5.41) is 11.9. The van der Waals surface area contributed by atoms with Crippen molar-refractivity contribution in [3.63, 3.8) is 0 Å². The van der Waals surface area contributed by atoms with Crippen LogP contribution in [0.2, 0.25) is 0 Å². The van der Waals surface area contributed by atoms with Gasteiger partial charge in [0.1, 0.15) is 0 Å². The minimum Gasteiger partial charge on any atom is -0.425 e. The van der Waals surface area contributed by atoms with Crippen LogP contribution >= 0.6 is 0 Å². The third-order valence-corrected chi connectivity index (χ3v) is 3.46. The molecule has 0 radical (unpaired) electrons. The number of aromatic nitrogens is 2. The molecule has 1 aliphatic rings. The van der Waals surface area contributed by atoms with Gasteiger partial charge < -0.3 is 9.73 Å². The van der Waals surface area contributed by atoms with E-state index in [1.165, 1.54) is 25.7 Å². The lowest BCUT2D eigenvalue weighted by molar-refractivity contribution is 0.386. The van der Waals surface area contributed by atoms with Gasteiger partial charge in [0, 0.05) is 24.9 Å². The van der Waals surface area contributed by atoms with Gasteiger partial charge in [0.2, 0.25) is 11.8 Å². The summed E-state index contributed by atoms with van der Waals surface area (Å²) in [5.41, 5.74) is 0. The van der Waals surface area contributed by atoms with Gasteiger partial charge in [-0.25, -0.2) is 0 Å². The molecule has 4 heteroatoms. The predicted octanol–water partition coefficient (Wildman–Crippen LogP) is 3.05. The molecule has 0 aliphatic heterocycles. The Labute approximate surface area is 110 Å². The SMILES string of the molecule is CCCC(CCC)c1nnc(CCNC2CC2)o1. The molecule has 0 saturated heterocycles. The largest absolute Gasteiger partial charge is 0.425 e. The van der Waals surface area contributed by atoms with Crippen LogP contribution in [-0.4, -0.2) is 22.8 Å². The van der Waals surface area contributed by atoms with Crippen molar-refractivity contribution in [1.82, 2.24) is 15.5 Å². The van der Waals surface area contributed by atoms with E-state index in [0.717, 1.165) is 43.6 Å². The maximum absolute atomic E-state index is 5.79. The van der Waals surface area contributed by atoms with Crippen molar-refractivity contribution in [1.29, 1.82) is 0 Å². The molecule has 4 nitrogen and oxygen atoms in total. The maximum Gasteiger partial charge on any atom is 0.219 e. The highest BCUT2D eigenvalue weighted by Gasteiger charge is 2.21. The van der Waals surface area contributed by atoms with Crippen molar-refractivity contribution < 1.29 is 4.42 Å². The van der Waals surface area contributed by atoms with Crippen LogP contribution in [-0.2, 0) is 6.42 Å². The summed E-state index contributed by atoms with van der Waals surface area (Å²) >= 11 is 0. The average molecular weight is 251 g/mol. The molecule has 1 saturated carbocycles. The molecule has 1 aromatic heterocycles. The van der Waals surface area contributed by atoms with Crippen LogP contribution < -0.4 is 5.32 Å². The lowest BCUT2D eigenvalue weighted by atomic mass is 9.98. The molecular formula is C14H25N3O. The van der Waals surface area contributed by atoms with E-state index < -0.39 is 0 Å². The van der Waals surface area contributed by atoms with Gasteiger partial charge in [-0.15, -0.1) is 10.2 Å². The first-order valence-corrected chi connectivity index (χ1v) is 7.39. The predicted molar refractivity (Wildman–Crippen MR) is 71.6 cm³/mol. The van der Waals surface area contributed by atoms with E-state index in [1.807, 2.05) is 0 Å². The summed E-state index contributed by atoms with van der Waals surface area (Å²) in [6, 6.07) is 0.750. The summed E-state index contributed by atoms with van der Waals surface area (Å²) in [5.74, 6) is 2.09. The van der Waals surface area contributed by atoms with E-state index in [0.29, 0.717) is 5.92 Å². The van der Waals surface area contributed by atoms with E-state index in [4.69, 9.17) is 4.42 Å². The monoisotopic (exact) mass is 251 g/mol. The van der Waals surface area contributed by atoms with Gasteiger partial charge >= 0.3 is 0 Å². The third-order valence-electron chi connectivity index (χ3n) is 3.46. The van der Waals surface area contributed by atoms with Crippen molar-refractivity contribution in [3.8, 4) is 0 Å². The van der Waals surface area contributed by atoms with Crippen LogP contribution in [0.3, 0.4) is 0 Å². The van der Waals surface area contributed by atoms with E-state index >= 15 is 0 Å². The second-order valence-corrected chi connectivity index (χ2v) is 5.29. The van der Waals surface area contributed by atoms with Gasteiger partial charge in [-0.3, -0.25) is 0 Å². The minimum atomic E-state index is 0.456. The average Bonchev–Trinajstić information content (AvgIpc) is 3.06. The first-order valence-electron chi connectivity index (χ1n) is 7.39. The molecule has 102 valence electrons. The molecule has 1 fully saturated rings. The second-order valence-electron chi connectivity index (χ2n) is 5.29. The fourth-order valence-corrected chi connectivity index (χ4v) is 2.29. The number of nitrogens with one attached hydrogen (secondary N) is 1. The van der Waals surface area contributed by atoms with Crippen LogP contribution in [0.15, 0.2) is 4.42 Å². The molecule has 0 atom stereocenters. The number of rotatable bonds is 9. The quantitative estimate of drug-likeness (QED) is 0.733. The lowest BCUT2D eigenvalue weighted by Gasteiger charge is -2.09. The van der Waals surface area contributed by atoms with Crippen molar-refractivity contribution in [3.05, 3.63) is 11.8 Å². The highest BCUT2D eigenvalue weighted by Crippen LogP contribution is 2.25. The van der Waals surface area contributed by atoms with Crippen LogP contribution in [0.25, 0.3) is 0 Å². The molecule has 0 amide bonds. The van der Waals surface area contributed by atoms with Gasteiger partial charge in [0.05, 0.1) is 0 Å².